The van der Waals surface area contributed by atoms with Crippen LogP contribution < -0.4 is 10.6 Å². The van der Waals surface area contributed by atoms with Crippen molar-refractivity contribution in [3.05, 3.63) is 24.3 Å². The molecule has 3 saturated heterocycles. The number of hydrogen-bond donors (Lipinski definition) is 3. The Morgan fingerprint density at radius 2 is 2.12 bits per heavy atom. The van der Waals surface area contributed by atoms with E-state index < -0.39 is 22.6 Å². The fourth-order valence-electron chi connectivity index (χ4n) is 5.53. The number of rotatable bonds is 6. The largest absolute Gasteiger partial charge is 0.395 e. The number of para-hydroxylation sites is 1. The van der Waals surface area contributed by atoms with Crippen LogP contribution in [0, 0.1) is 11.8 Å². The Morgan fingerprint density at radius 3 is 2.88 bits per heavy atom. The van der Waals surface area contributed by atoms with Crippen LogP contribution in [0.25, 0.3) is 11.0 Å². The first-order chi connectivity index (χ1) is 15.4. The molecular weight excluding hydrogens is 500 g/mol. The van der Waals surface area contributed by atoms with Crippen molar-refractivity contribution in [1.29, 1.82) is 0 Å². The highest BCUT2D eigenvalue weighted by Crippen LogP contribution is 2.67. The summed E-state index contributed by atoms with van der Waals surface area (Å²) >= 11 is 5.24. The van der Waals surface area contributed by atoms with Crippen LogP contribution in [0.4, 0.5) is 0 Å². The van der Waals surface area contributed by atoms with Gasteiger partial charge in [-0.2, -0.15) is 0 Å². The topological polar surface area (TPSA) is 129 Å². The quantitative estimate of drug-likeness (QED) is 0.444. The summed E-state index contributed by atoms with van der Waals surface area (Å²) in [5, 5.41) is 23.3. The van der Waals surface area contributed by atoms with Gasteiger partial charge in [-0.15, -0.1) is 16.9 Å². The zero-order valence-electron chi connectivity index (χ0n) is 17.3. The molecule has 3 aliphatic rings. The number of aliphatic hydroxyl groups excluding tert-OH is 1. The monoisotopic (exact) mass is 522 g/mol. The molecule has 10 nitrogen and oxygen atoms in total. The molecule has 0 radical (unpaired) electrons. The molecule has 0 saturated carbocycles. The van der Waals surface area contributed by atoms with Crippen molar-refractivity contribution in [2.45, 2.75) is 34.0 Å². The van der Waals surface area contributed by atoms with E-state index in [1.165, 1.54) is 4.90 Å². The standard InChI is InChI=1S/C20H23BrN6O4S/c1-22-17(29)13-14-19(31)26(6-7-28)16(20(14)8-10(21)15(13)32-20)18(30)23-9-27-12-5-3-2-4-11(12)24-25-27/h2-5,10,13-16,28H,6-9H2,1H3,(H,22,29)(H,23,30)/t10?,13-,14-,15-,16?,20?/m0/s1. The minimum atomic E-state index is -0.786. The van der Waals surface area contributed by atoms with Crippen LogP contribution in [-0.2, 0) is 21.1 Å². The summed E-state index contributed by atoms with van der Waals surface area (Å²) in [6, 6.07) is 6.65. The molecule has 32 heavy (non-hydrogen) atoms. The summed E-state index contributed by atoms with van der Waals surface area (Å²) in [4.78, 5) is 41.1. The van der Waals surface area contributed by atoms with Gasteiger partial charge in [0, 0.05) is 23.7 Å². The first kappa shape index (κ1) is 21.7. The number of aromatic nitrogens is 3. The Balaban J connectivity index is 1.45. The first-order valence-corrected chi connectivity index (χ1v) is 12.2. The number of thioether (sulfide) groups is 1. The van der Waals surface area contributed by atoms with Gasteiger partial charge >= 0.3 is 0 Å². The zero-order chi connectivity index (χ0) is 22.6. The molecule has 6 atom stereocenters. The lowest BCUT2D eigenvalue weighted by molar-refractivity contribution is -0.140. The van der Waals surface area contributed by atoms with E-state index in [1.54, 1.807) is 23.5 Å². The summed E-state index contributed by atoms with van der Waals surface area (Å²) in [5.74, 6) is -1.87. The maximum atomic E-state index is 13.5. The lowest BCUT2D eigenvalue weighted by Crippen LogP contribution is -2.55. The number of carbonyl (C=O) groups is 3. The Kier molecular flexibility index (Phi) is 5.41. The van der Waals surface area contributed by atoms with E-state index in [4.69, 9.17) is 0 Å². The molecule has 12 heteroatoms. The summed E-state index contributed by atoms with van der Waals surface area (Å²) in [7, 11) is 1.56. The van der Waals surface area contributed by atoms with E-state index in [2.05, 4.69) is 36.9 Å². The lowest BCUT2D eigenvalue weighted by atomic mass is 9.70. The highest BCUT2D eigenvalue weighted by Gasteiger charge is 2.75. The fourth-order valence-corrected chi connectivity index (χ4v) is 9.14. The second kappa shape index (κ2) is 7.99. The van der Waals surface area contributed by atoms with Crippen molar-refractivity contribution >= 4 is 56.4 Å². The molecule has 0 aliphatic carbocycles. The molecule has 3 amide bonds. The first-order valence-electron chi connectivity index (χ1n) is 10.4. The van der Waals surface area contributed by atoms with Crippen LogP contribution in [-0.4, -0.2) is 83.8 Å². The van der Waals surface area contributed by atoms with Crippen molar-refractivity contribution in [3.63, 3.8) is 0 Å². The molecular formula is C20H23BrN6O4S. The van der Waals surface area contributed by atoms with Crippen LogP contribution in [0.15, 0.2) is 24.3 Å². The van der Waals surface area contributed by atoms with Crippen molar-refractivity contribution in [2.24, 2.45) is 11.8 Å². The van der Waals surface area contributed by atoms with Crippen LogP contribution >= 0.6 is 27.7 Å². The van der Waals surface area contributed by atoms with Crippen LogP contribution in [0.3, 0.4) is 0 Å². The third kappa shape index (κ3) is 2.99. The molecule has 170 valence electrons. The number of hydrogen-bond acceptors (Lipinski definition) is 7. The summed E-state index contributed by atoms with van der Waals surface area (Å²) < 4.78 is 0.867. The second-order valence-electron chi connectivity index (χ2n) is 8.31. The number of β-amino-alcohol motifs (C(OH)–C–C–N with tert-alkyl or cyclic N) is 1. The number of likely N-dealkylation sites (tertiary alicyclic amines) is 1. The molecule has 3 unspecified atom stereocenters. The molecule has 1 aromatic carbocycles. The summed E-state index contributed by atoms with van der Waals surface area (Å²) in [6.07, 6.45) is 0.596. The highest BCUT2D eigenvalue weighted by molar-refractivity contribution is 9.09. The number of nitrogens with zero attached hydrogens (tertiary/aromatic N) is 4. The predicted octanol–water partition coefficient (Wildman–Crippen LogP) is -0.292. The Hall–Kier alpha value is -2.18. The molecule has 1 spiro atoms. The van der Waals surface area contributed by atoms with Crippen molar-refractivity contribution < 1.29 is 19.5 Å². The van der Waals surface area contributed by atoms with Gasteiger partial charge in [0.25, 0.3) is 0 Å². The number of alkyl halides is 1. The SMILES string of the molecule is CNC(=O)[C@H]1[C@H]2C(=O)N(CCO)C(C(=O)NCn3nnc4ccccc43)C23CC(Br)[C@@H]1S3. The molecule has 1 aromatic heterocycles. The number of amides is 3. The van der Waals surface area contributed by atoms with E-state index in [0.29, 0.717) is 6.42 Å². The van der Waals surface area contributed by atoms with Crippen LogP contribution in [0.2, 0.25) is 0 Å². The van der Waals surface area contributed by atoms with Gasteiger partial charge in [0.2, 0.25) is 17.7 Å². The third-order valence-electron chi connectivity index (χ3n) is 6.75. The Morgan fingerprint density at radius 1 is 1.34 bits per heavy atom. The summed E-state index contributed by atoms with van der Waals surface area (Å²) in [5.41, 5.74) is 1.51. The molecule has 3 N–H and O–H groups in total. The normalized spacial score (nSPS) is 33.0. The van der Waals surface area contributed by atoms with E-state index in [0.717, 1.165) is 11.0 Å². The minimum absolute atomic E-state index is 0.0162. The second-order valence-corrected chi connectivity index (χ2v) is 11.0. The number of halogens is 1. The van der Waals surface area contributed by atoms with Gasteiger partial charge in [-0.25, -0.2) is 4.68 Å². The van der Waals surface area contributed by atoms with E-state index in [9.17, 15) is 19.5 Å². The van der Waals surface area contributed by atoms with E-state index in [-0.39, 0.29) is 47.6 Å². The number of benzene rings is 1. The van der Waals surface area contributed by atoms with Gasteiger partial charge in [0.05, 0.1) is 28.7 Å². The van der Waals surface area contributed by atoms with Crippen molar-refractivity contribution in [2.75, 3.05) is 20.2 Å². The molecule has 2 aromatic rings. The van der Waals surface area contributed by atoms with E-state index in [1.807, 2.05) is 24.3 Å². The predicted molar refractivity (Wildman–Crippen MR) is 121 cm³/mol. The Bertz CT molecular complexity index is 1100. The van der Waals surface area contributed by atoms with Crippen molar-refractivity contribution in [3.8, 4) is 0 Å². The zero-order valence-corrected chi connectivity index (χ0v) is 19.7. The average molecular weight is 523 g/mol. The fraction of sp³-hybridized carbons (Fsp3) is 0.550. The molecule has 5 rings (SSSR count). The van der Waals surface area contributed by atoms with Gasteiger partial charge in [0.15, 0.2) is 0 Å². The molecule has 3 fully saturated rings. The number of fused-ring (bicyclic) bond motifs is 2. The smallest absolute Gasteiger partial charge is 0.245 e. The maximum Gasteiger partial charge on any atom is 0.245 e. The number of carbonyl (C=O) groups excluding carboxylic acids is 3. The summed E-state index contributed by atoms with van der Waals surface area (Å²) in [6.45, 7) is -0.120. The maximum absolute atomic E-state index is 13.5. The van der Waals surface area contributed by atoms with E-state index >= 15 is 0 Å². The highest BCUT2D eigenvalue weighted by atomic mass is 79.9. The average Bonchev–Trinajstić information content (AvgIpc) is 3.50. The van der Waals surface area contributed by atoms with Gasteiger partial charge < -0.3 is 20.6 Å². The van der Waals surface area contributed by atoms with Gasteiger partial charge in [-0.05, 0) is 18.6 Å². The van der Waals surface area contributed by atoms with Crippen LogP contribution in [0.5, 0.6) is 0 Å². The molecule has 3 aliphatic heterocycles. The number of aliphatic hydroxyl groups is 1. The van der Waals surface area contributed by atoms with Crippen LogP contribution in [0.1, 0.15) is 6.42 Å². The minimum Gasteiger partial charge on any atom is -0.395 e. The lowest BCUT2D eigenvalue weighted by Gasteiger charge is -2.35. The van der Waals surface area contributed by atoms with Gasteiger partial charge in [-0.1, -0.05) is 33.3 Å². The van der Waals surface area contributed by atoms with Gasteiger partial charge in [-0.3, -0.25) is 14.4 Å². The van der Waals surface area contributed by atoms with Crippen molar-refractivity contribution in [1.82, 2.24) is 30.5 Å². The third-order valence-corrected chi connectivity index (χ3v) is 9.97. The Labute approximate surface area is 196 Å². The molecule has 2 bridgehead atoms. The van der Waals surface area contributed by atoms with Gasteiger partial charge in [0.1, 0.15) is 18.2 Å². The molecule has 4 heterocycles. The number of nitrogens with one attached hydrogen (secondary N) is 2.